The van der Waals surface area contributed by atoms with Crippen LogP contribution in [0.5, 0.6) is 0 Å². The highest BCUT2D eigenvalue weighted by atomic mass is 19.1. The van der Waals surface area contributed by atoms with E-state index < -0.39 is 11.6 Å². The Morgan fingerprint density at radius 2 is 1.72 bits per heavy atom. The number of piperidine rings is 1. The smallest absolute Gasteiger partial charge is 0.226 e. The van der Waals surface area contributed by atoms with E-state index >= 15 is 0 Å². The lowest BCUT2D eigenvalue weighted by Crippen LogP contribution is -2.42. The highest BCUT2D eigenvalue weighted by Gasteiger charge is 2.43. The topological polar surface area (TPSA) is 52.7 Å². The van der Waals surface area contributed by atoms with Crippen molar-refractivity contribution in [3.8, 4) is 0 Å². The molecule has 2 aromatic rings. The average Bonchev–Trinajstić information content (AvgIpc) is 3.29. The van der Waals surface area contributed by atoms with Crippen molar-refractivity contribution in [2.45, 2.75) is 63.5 Å². The van der Waals surface area contributed by atoms with E-state index in [0.717, 1.165) is 24.5 Å². The van der Waals surface area contributed by atoms with Crippen LogP contribution in [0, 0.1) is 17.6 Å². The number of likely N-dealkylation sites (tertiary alicyclic amines) is 1. The van der Waals surface area contributed by atoms with Gasteiger partial charge in [-0.2, -0.15) is 0 Å². The molecule has 1 saturated heterocycles. The van der Waals surface area contributed by atoms with Crippen molar-refractivity contribution in [3.05, 3.63) is 70.8 Å². The molecular formula is C29H37F2N3O2. The maximum absolute atomic E-state index is 14.7. The third-order valence-electron chi connectivity index (χ3n) is 8.08. The maximum Gasteiger partial charge on any atom is 0.226 e. The van der Waals surface area contributed by atoms with E-state index in [4.69, 9.17) is 0 Å². The molecule has 0 radical (unpaired) electrons. The van der Waals surface area contributed by atoms with E-state index in [1.807, 2.05) is 38.1 Å². The molecule has 1 saturated carbocycles. The number of hydrogen-bond acceptors (Lipinski definition) is 3. The zero-order chi connectivity index (χ0) is 26.0. The van der Waals surface area contributed by atoms with Gasteiger partial charge in [-0.05, 0) is 81.3 Å². The van der Waals surface area contributed by atoms with Gasteiger partial charge in [0.15, 0.2) is 0 Å². The molecule has 1 aliphatic carbocycles. The molecule has 0 aromatic heterocycles. The minimum Gasteiger partial charge on any atom is -0.350 e. The number of hydrogen-bond donors (Lipinski definition) is 1. The number of nitrogens with zero attached hydrogens (tertiary/aromatic N) is 2. The molecule has 4 rings (SSSR count). The first kappa shape index (κ1) is 26.3. The molecule has 1 heterocycles. The van der Waals surface area contributed by atoms with Crippen LogP contribution >= 0.6 is 0 Å². The molecule has 7 heteroatoms. The Labute approximate surface area is 212 Å². The van der Waals surface area contributed by atoms with Crippen LogP contribution in [0.2, 0.25) is 0 Å². The highest BCUT2D eigenvalue weighted by Crippen LogP contribution is 2.44. The van der Waals surface area contributed by atoms with Gasteiger partial charge in [-0.1, -0.05) is 30.3 Å². The van der Waals surface area contributed by atoms with Crippen LogP contribution in [0.15, 0.2) is 42.5 Å². The second kappa shape index (κ2) is 11.1. The Morgan fingerprint density at radius 1 is 1.03 bits per heavy atom. The summed E-state index contributed by atoms with van der Waals surface area (Å²) in [6.07, 6.45) is 3.03. The number of halogens is 2. The number of carbonyl (C=O) groups is 2. The number of amides is 2. The zero-order valence-electron chi connectivity index (χ0n) is 21.6. The second-order valence-corrected chi connectivity index (χ2v) is 10.6. The van der Waals surface area contributed by atoms with Crippen LogP contribution in [0.25, 0.3) is 0 Å². The second-order valence-electron chi connectivity index (χ2n) is 10.6. The van der Waals surface area contributed by atoms with Gasteiger partial charge in [-0.15, -0.1) is 0 Å². The Balaban J connectivity index is 1.48. The average molecular weight is 498 g/mol. The number of nitrogens with one attached hydrogen (secondary N) is 1. The Kier molecular flexibility index (Phi) is 8.08. The zero-order valence-corrected chi connectivity index (χ0v) is 21.6. The van der Waals surface area contributed by atoms with E-state index in [2.05, 4.69) is 22.3 Å². The van der Waals surface area contributed by atoms with Crippen molar-refractivity contribution in [2.75, 3.05) is 27.2 Å². The SMILES string of the molecule is CC(=O)N[C@@H](C)c1ccccc1C1CCN(C(=O)[C@@H]2CC(N(C)C)CC2c2ccc(F)cc2F)CC1. The molecule has 0 bridgehead atoms. The standard InChI is InChI=1S/C29H37F2N3O2/c1-18(32-19(2)35)23-7-5-6-8-24(23)20-11-13-34(14-12-20)29(36)27-17-22(33(3)4)16-26(27)25-10-9-21(30)15-28(25)31/h5-10,15,18,20,22,26-27H,11-14,16-17H2,1-4H3,(H,32,35)/t18-,22?,26?,27+/m0/s1. The maximum atomic E-state index is 14.7. The first-order chi connectivity index (χ1) is 17.2. The summed E-state index contributed by atoms with van der Waals surface area (Å²) in [6.45, 7) is 4.81. The quantitative estimate of drug-likeness (QED) is 0.612. The molecule has 2 aliphatic rings. The van der Waals surface area contributed by atoms with Crippen LogP contribution in [0.1, 0.15) is 74.1 Å². The minimum absolute atomic E-state index is 0.0579. The van der Waals surface area contributed by atoms with Crippen LogP contribution in [0.3, 0.4) is 0 Å². The highest BCUT2D eigenvalue weighted by molar-refractivity contribution is 5.80. The fourth-order valence-corrected chi connectivity index (χ4v) is 6.16. The first-order valence-corrected chi connectivity index (χ1v) is 12.9. The van der Waals surface area contributed by atoms with Crippen LogP contribution < -0.4 is 5.32 Å². The molecule has 2 unspecified atom stereocenters. The van der Waals surface area contributed by atoms with Crippen LogP contribution in [-0.2, 0) is 9.59 Å². The van der Waals surface area contributed by atoms with Crippen molar-refractivity contribution in [2.24, 2.45) is 5.92 Å². The Morgan fingerprint density at radius 3 is 2.36 bits per heavy atom. The summed E-state index contributed by atoms with van der Waals surface area (Å²) in [5.41, 5.74) is 2.79. The van der Waals surface area contributed by atoms with Gasteiger partial charge >= 0.3 is 0 Å². The number of carbonyl (C=O) groups excluding carboxylic acids is 2. The van der Waals surface area contributed by atoms with Gasteiger partial charge in [0, 0.05) is 38.0 Å². The molecule has 4 atom stereocenters. The van der Waals surface area contributed by atoms with Gasteiger partial charge in [0.05, 0.1) is 6.04 Å². The molecule has 2 aromatic carbocycles. The molecule has 2 amide bonds. The third kappa shape index (κ3) is 5.61. The fourth-order valence-electron chi connectivity index (χ4n) is 6.16. The largest absolute Gasteiger partial charge is 0.350 e. The number of rotatable bonds is 6. The van der Waals surface area contributed by atoms with Gasteiger partial charge in [-0.25, -0.2) is 8.78 Å². The lowest BCUT2D eigenvalue weighted by molar-refractivity contribution is -0.137. The summed E-state index contributed by atoms with van der Waals surface area (Å²) in [6, 6.07) is 12.0. The predicted octanol–water partition coefficient (Wildman–Crippen LogP) is 4.99. The van der Waals surface area contributed by atoms with Crippen molar-refractivity contribution in [1.29, 1.82) is 0 Å². The summed E-state index contributed by atoms with van der Waals surface area (Å²) in [5.74, 6) is -1.42. The minimum atomic E-state index is -0.601. The van der Waals surface area contributed by atoms with E-state index in [0.29, 0.717) is 37.4 Å². The molecule has 2 fully saturated rings. The molecule has 0 spiro atoms. The van der Waals surface area contributed by atoms with Crippen molar-refractivity contribution >= 4 is 11.8 Å². The van der Waals surface area contributed by atoms with Gasteiger partial charge in [0.1, 0.15) is 11.6 Å². The molecule has 5 nitrogen and oxygen atoms in total. The monoisotopic (exact) mass is 497 g/mol. The third-order valence-corrected chi connectivity index (χ3v) is 8.08. The van der Waals surface area contributed by atoms with Crippen LogP contribution in [0.4, 0.5) is 8.78 Å². The lowest BCUT2D eigenvalue weighted by Gasteiger charge is -2.36. The van der Waals surface area contributed by atoms with Gasteiger partial charge in [0.2, 0.25) is 11.8 Å². The first-order valence-electron chi connectivity index (χ1n) is 12.9. The molecule has 194 valence electrons. The summed E-state index contributed by atoms with van der Waals surface area (Å²) in [5, 5.41) is 2.98. The van der Waals surface area contributed by atoms with Crippen LogP contribution in [-0.4, -0.2) is 54.8 Å². The van der Waals surface area contributed by atoms with Gasteiger partial charge in [0.25, 0.3) is 0 Å². The Bertz CT molecular complexity index is 1100. The summed E-state index contributed by atoms with van der Waals surface area (Å²) in [7, 11) is 3.97. The van der Waals surface area contributed by atoms with Crippen molar-refractivity contribution < 1.29 is 18.4 Å². The summed E-state index contributed by atoms with van der Waals surface area (Å²) < 4.78 is 28.3. The van der Waals surface area contributed by atoms with E-state index in [1.54, 1.807) is 0 Å². The van der Waals surface area contributed by atoms with E-state index in [9.17, 15) is 18.4 Å². The van der Waals surface area contributed by atoms with Gasteiger partial charge in [-0.3, -0.25) is 9.59 Å². The van der Waals surface area contributed by atoms with E-state index in [1.165, 1.54) is 24.6 Å². The normalized spacial score (nSPS) is 23.6. The molecule has 1 aliphatic heterocycles. The van der Waals surface area contributed by atoms with E-state index in [-0.39, 0.29) is 35.7 Å². The lowest BCUT2D eigenvalue weighted by atomic mass is 9.83. The molecule has 36 heavy (non-hydrogen) atoms. The molecule has 1 N–H and O–H groups in total. The van der Waals surface area contributed by atoms with Crippen molar-refractivity contribution in [1.82, 2.24) is 15.1 Å². The summed E-state index contributed by atoms with van der Waals surface area (Å²) >= 11 is 0. The predicted molar refractivity (Wildman–Crippen MR) is 137 cm³/mol. The molecular weight excluding hydrogens is 460 g/mol. The summed E-state index contributed by atoms with van der Waals surface area (Å²) in [4.78, 5) is 29.4. The van der Waals surface area contributed by atoms with Crippen molar-refractivity contribution in [3.63, 3.8) is 0 Å². The number of benzene rings is 2. The fraction of sp³-hybridized carbons (Fsp3) is 0.517. The Hall–Kier alpha value is -2.80. The van der Waals surface area contributed by atoms with Gasteiger partial charge < -0.3 is 15.1 Å².